The van der Waals surface area contributed by atoms with Crippen LogP contribution in [0.3, 0.4) is 0 Å². The van der Waals surface area contributed by atoms with Gasteiger partial charge in [-0.25, -0.2) is 12.8 Å². The monoisotopic (exact) mass is 247 g/mol. The van der Waals surface area contributed by atoms with Gasteiger partial charge in [-0.15, -0.1) is 0 Å². The number of halogens is 1. The average molecular weight is 247 g/mol. The highest BCUT2D eigenvalue weighted by molar-refractivity contribution is 7.91. The van der Waals surface area contributed by atoms with E-state index in [1.54, 1.807) is 6.92 Å². The number of ether oxygens (including phenoxy) is 1. The molecule has 6 heteroatoms. The van der Waals surface area contributed by atoms with Crippen molar-refractivity contribution in [3.63, 3.8) is 0 Å². The fourth-order valence-electron chi connectivity index (χ4n) is 1.22. The van der Waals surface area contributed by atoms with Gasteiger partial charge in [0.15, 0.2) is 21.4 Å². The van der Waals surface area contributed by atoms with E-state index in [4.69, 9.17) is 10.5 Å². The molecule has 1 rings (SSSR count). The van der Waals surface area contributed by atoms with Gasteiger partial charge in [0.2, 0.25) is 0 Å². The van der Waals surface area contributed by atoms with Crippen molar-refractivity contribution in [2.24, 2.45) is 5.73 Å². The molecule has 0 fully saturated rings. The Hall–Kier alpha value is -1.14. The molecule has 0 saturated carbocycles. The Morgan fingerprint density at radius 3 is 2.62 bits per heavy atom. The highest BCUT2D eigenvalue weighted by Crippen LogP contribution is 2.21. The molecule has 1 aromatic carbocycles. The molecule has 0 saturated heterocycles. The largest absolute Gasteiger partial charge is 0.491 e. The van der Waals surface area contributed by atoms with Crippen LogP contribution >= 0.6 is 0 Å². The molecule has 0 aliphatic rings. The van der Waals surface area contributed by atoms with Crippen molar-refractivity contribution in [3.05, 3.63) is 24.0 Å². The summed E-state index contributed by atoms with van der Waals surface area (Å²) in [6, 6.07) is 3.58. The van der Waals surface area contributed by atoms with Gasteiger partial charge >= 0.3 is 0 Å². The van der Waals surface area contributed by atoms with E-state index in [0.717, 1.165) is 6.07 Å². The van der Waals surface area contributed by atoms with Crippen molar-refractivity contribution in [3.8, 4) is 5.75 Å². The number of hydrogen-bond donors (Lipinski definition) is 1. The van der Waals surface area contributed by atoms with Gasteiger partial charge in [0.1, 0.15) is 0 Å². The minimum Gasteiger partial charge on any atom is -0.491 e. The Balaban J connectivity index is 3.06. The first-order chi connectivity index (χ1) is 7.51. The molecule has 2 N–H and O–H groups in total. The van der Waals surface area contributed by atoms with Gasteiger partial charge in [0.05, 0.1) is 17.3 Å². The van der Waals surface area contributed by atoms with Gasteiger partial charge in [-0.3, -0.25) is 0 Å². The van der Waals surface area contributed by atoms with E-state index in [-0.39, 0.29) is 22.9 Å². The van der Waals surface area contributed by atoms with Crippen LogP contribution in [-0.4, -0.2) is 27.3 Å². The molecule has 16 heavy (non-hydrogen) atoms. The molecule has 90 valence electrons. The lowest BCUT2D eigenvalue weighted by atomic mass is 10.3. The van der Waals surface area contributed by atoms with Crippen molar-refractivity contribution in [2.45, 2.75) is 11.8 Å². The first kappa shape index (κ1) is 12.9. The third-order valence-corrected chi connectivity index (χ3v) is 3.69. The highest BCUT2D eigenvalue weighted by Gasteiger charge is 2.15. The second kappa shape index (κ2) is 5.27. The number of nitrogens with two attached hydrogens (primary N) is 1. The fraction of sp³-hybridized carbons (Fsp3) is 0.400. The zero-order chi connectivity index (χ0) is 12.2. The van der Waals surface area contributed by atoms with Crippen LogP contribution in [0.2, 0.25) is 0 Å². The van der Waals surface area contributed by atoms with Gasteiger partial charge < -0.3 is 10.5 Å². The lowest BCUT2D eigenvalue weighted by Crippen LogP contribution is -2.16. The normalized spacial score (nSPS) is 11.4. The second-order valence-electron chi connectivity index (χ2n) is 3.13. The fourth-order valence-corrected chi connectivity index (χ4v) is 2.32. The van der Waals surface area contributed by atoms with Crippen molar-refractivity contribution in [1.29, 1.82) is 0 Å². The Labute approximate surface area is 94.1 Å². The van der Waals surface area contributed by atoms with E-state index in [1.807, 2.05) is 0 Å². The van der Waals surface area contributed by atoms with Crippen LogP contribution in [-0.2, 0) is 9.84 Å². The quantitative estimate of drug-likeness (QED) is 0.841. The summed E-state index contributed by atoms with van der Waals surface area (Å²) in [5.74, 6) is -0.824. The maximum absolute atomic E-state index is 13.4. The maximum Gasteiger partial charge on any atom is 0.179 e. The maximum atomic E-state index is 13.4. The topological polar surface area (TPSA) is 69.4 Å². The molecule has 0 aromatic heterocycles. The van der Waals surface area contributed by atoms with Crippen molar-refractivity contribution in [1.82, 2.24) is 0 Å². The van der Waals surface area contributed by atoms with E-state index < -0.39 is 15.7 Å². The minimum atomic E-state index is -3.49. The molecule has 0 heterocycles. The van der Waals surface area contributed by atoms with Crippen molar-refractivity contribution < 1.29 is 17.5 Å². The van der Waals surface area contributed by atoms with Crippen LogP contribution in [0, 0.1) is 5.82 Å². The molecule has 0 amide bonds. The van der Waals surface area contributed by atoms with E-state index in [1.165, 1.54) is 12.1 Å². The summed E-state index contributed by atoms with van der Waals surface area (Å²) < 4.78 is 41.5. The summed E-state index contributed by atoms with van der Waals surface area (Å²) in [5.41, 5.74) is 5.17. The molecule has 0 spiro atoms. The lowest BCUT2D eigenvalue weighted by Gasteiger charge is -2.07. The third kappa shape index (κ3) is 2.93. The van der Waals surface area contributed by atoms with Crippen LogP contribution in [0.5, 0.6) is 5.75 Å². The molecule has 1 aromatic rings. The minimum absolute atomic E-state index is 0.0111. The van der Waals surface area contributed by atoms with Gasteiger partial charge in [-0.2, -0.15) is 0 Å². The van der Waals surface area contributed by atoms with Gasteiger partial charge in [-0.1, -0.05) is 0 Å². The summed E-state index contributed by atoms with van der Waals surface area (Å²) in [6.45, 7) is 2.06. The predicted octanol–water partition coefficient (Wildman–Crippen LogP) is 0.957. The summed E-state index contributed by atoms with van der Waals surface area (Å²) in [6.07, 6.45) is 0. The average Bonchev–Trinajstić information content (AvgIpc) is 2.21. The molecular weight excluding hydrogens is 233 g/mol. The number of sulfone groups is 1. The predicted molar refractivity (Wildman–Crippen MR) is 58.7 cm³/mol. The summed E-state index contributed by atoms with van der Waals surface area (Å²) >= 11 is 0. The zero-order valence-corrected chi connectivity index (χ0v) is 9.76. The Bertz CT molecular complexity index is 459. The van der Waals surface area contributed by atoms with E-state index >= 15 is 0 Å². The molecular formula is C10H14FNO3S. The van der Waals surface area contributed by atoms with Crippen molar-refractivity contribution >= 4 is 9.84 Å². The molecule has 0 unspecified atom stereocenters. The SMILES string of the molecule is CCOc1ccc(S(=O)(=O)CCN)cc1F. The molecule has 4 nitrogen and oxygen atoms in total. The standard InChI is InChI=1S/C10H14FNO3S/c1-2-15-10-4-3-8(7-9(10)11)16(13,14)6-5-12/h3-4,7H,2,5-6,12H2,1H3. The lowest BCUT2D eigenvalue weighted by molar-refractivity contribution is 0.321. The first-order valence-electron chi connectivity index (χ1n) is 4.86. The summed E-state index contributed by atoms with van der Waals surface area (Å²) in [7, 11) is -3.49. The van der Waals surface area contributed by atoms with E-state index in [2.05, 4.69) is 0 Å². The van der Waals surface area contributed by atoms with Crippen LogP contribution in [0.1, 0.15) is 6.92 Å². The smallest absolute Gasteiger partial charge is 0.179 e. The second-order valence-corrected chi connectivity index (χ2v) is 5.24. The van der Waals surface area contributed by atoms with E-state index in [0.29, 0.717) is 6.61 Å². The Morgan fingerprint density at radius 2 is 2.12 bits per heavy atom. The van der Waals surface area contributed by atoms with Gasteiger partial charge in [0, 0.05) is 6.54 Å². The highest BCUT2D eigenvalue weighted by atomic mass is 32.2. The van der Waals surface area contributed by atoms with E-state index in [9.17, 15) is 12.8 Å². The summed E-state index contributed by atoms with van der Waals surface area (Å²) in [4.78, 5) is -0.0705. The molecule has 0 atom stereocenters. The Morgan fingerprint density at radius 1 is 1.44 bits per heavy atom. The van der Waals surface area contributed by atoms with Crippen LogP contribution in [0.4, 0.5) is 4.39 Å². The zero-order valence-electron chi connectivity index (χ0n) is 8.94. The number of rotatable bonds is 5. The molecule has 0 bridgehead atoms. The first-order valence-corrected chi connectivity index (χ1v) is 6.51. The van der Waals surface area contributed by atoms with Crippen LogP contribution in [0.15, 0.2) is 23.1 Å². The third-order valence-electron chi connectivity index (χ3n) is 1.95. The number of benzene rings is 1. The molecule has 0 aliphatic heterocycles. The van der Waals surface area contributed by atoms with Gasteiger partial charge in [-0.05, 0) is 25.1 Å². The number of hydrogen-bond acceptors (Lipinski definition) is 4. The van der Waals surface area contributed by atoms with Crippen LogP contribution in [0.25, 0.3) is 0 Å². The molecule has 0 radical (unpaired) electrons. The van der Waals surface area contributed by atoms with Crippen LogP contribution < -0.4 is 10.5 Å². The summed E-state index contributed by atoms with van der Waals surface area (Å²) in [5, 5.41) is 0. The van der Waals surface area contributed by atoms with Gasteiger partial charge in [0.25, 0.3) is 0 Å². The molecule has 0 aliphatic carbocycles. The Kier molecular flexibility index (Phi) is 4.26. The van der Waals surface area contributed by atoms with Crippen molar-refractivity contribution in [2.75, 3.05) is 18.9 Å².